The second-order valence-electron chi connectivity index (χ2n) is 4.52. The average Bonchev–Trinajstić information content (AvgIpc) is 2.28. The summed E-state index contributed by atoms with van der Waals surface area (Å²) in [6, 6.07) is 5.93. The molecule has 1 aromatic carbocycles. The number of benzene rings is 1. The maximum atomic E-state index is 9.83. The fourth-order valence-electron chi connectivity index (χ4n) is 1.86. The minimum Gasteiger partial charge on any atom is -0.508 e. The maximum Gasteiger partial charge on any atom is 0.120 e. The van der Waals surface area contributed by atoms with Crippen molar-refractivity contribution in [1.82, 2.24) is 5.32 Å². The van der Waals surface area contributed by atoms with E-state index in [-0.39, 0.29) is 12.6 Å². The minimum atomic E-state index is 0.157. The van der Waals surface area contributed by atoms with E-state index in [9.17, 15) is 5.11 Å². The van der Waals surface area contributed by atoms with Gasteiger partial charge in [0.05, 0.1) is 0 Å². The van der Waals surface area contributed by atoms with Crippen molar-refractivity contribution in [2.45, 2.75) is 39.2 Å². The molecular weight excluding hydrogens is 214 g/mol. The number of nitrogens with one attached hydrogen (secondary N) is 1. The molecule has 1 aromatic rings. The van der Waals surface area contributed by atoms with E-state index in [1.54, 1.807) is 6.07 Å². The second kappa shape index (κ2) is 7.30. The number of aliphatic hydroxyl groups is 1. The van der Waals surface area contributed by atoms with Crippen LogP contribution in [0.25, 0.3) is 0 Å². The van der Waals surface area contributed by atoms with Gasteiger partial charge in [0.2, 0.25) is 0 Å². The van der Waals surface area contributed by atoms with Crippen LogP contribution in [0.3, 0.4) is 0 Å². The lowest BCUT2D eigenvalue weighted by atomic mass is 10.0. The Bertz CT molecular complexity index is 339. The molecule has 0 aliphatic carbocycles. The maximum absolute atomic E-state index is 9.83. The summed E-state index contributed by atoms with van der Waals surface area (Å²) in [5, 5.41) is 21.9. The van der Waals surface area contributed by atoms with E-state index >= 15 is 0 Å². The summed E-state index contributed by atoms with van der Waals surface area (Å²) in [6.45, 7) is 5.20. The molecule has 0 saturated heterocycles. The van der Waals surface area contributed by atoms with E-state index in [1.165, 1.54) is 0 Å². The number of unbranched alkanes of at least 4 members (excludes halogenated alkanes) is 2. The summed E-state index contributed by atoms with van der Waals surface area (Å²) in [7, 11) is 0. The fourth-order valence-corrected chi connectivity index (χ4v) is 1.86. The van der Waals surface area contributed by atoms with Gasteiger partial charge >= 0.3 is 0 Å². The van der Waals surface area contributed by atoms with E-state index in [2.05, 4.69) is 12.2 Å². The van der Waals surface area contributed by atoms with Crippen molar-refractivity contribution in [3.05, 3.63) is 29.3 Å². The molecule has 1 unspecified atom stereocenters. The lowest BCUT2D eigenvalue weighted by Gasteiger charge is -2.15. The van der Waals surface area contributed by atoms with Crippen LogP contribution < -0.4 is 5.32 Å². The van der Waals surface area contributed by atoms with Gasteiger partial charge in [0.25, 0.3) is 0 Å². The van der Waals surface area contributed by atoms with Crippen molar-refractivity contribution in [2.75, 3.05) is 13.2 Å². The number of hydrogen-bond donors (Lipinski definition) is 3. The number of hydrogen-bond acceptors (Lipinski definition) is 3. The van der Waals surface area contributed by atoms with E-state index in [0.29, 0.717) is 5.75 Å². The number of phenols is 1. The molecule has 3 nitrogen and oxygen atoms in total. The topological polar surface area (TPSA) is 52.5 Å². The molecule has 0 heterocycles. The number of phenolic OH excluding ortho intramolecular Hbond substituents is 1. The highest BCUT2D eigenvalue weighted by molar-refractivity contribution is 5.37. The third-order valence-corrected chi connectivity index (χ3v) is 2.94. The van der Waals surface area contributed by atoms with Gasteiger partial charge in [-0.3, -0.25) is 0 Å². The van der Waals surface area contributed by atoms with Crippen molar-refractivity contribution in [3.8, 4) is 5.75 Å². The molecule has 0 amide bonds. The summed E-state index contributed by atoms with van der Waals surface area (Å²) in [4.78, 5) is 0. The monoisotopic (exact) mass is 237 g/mol. The first-order valence-corrected chi connectivity index (χ1v) is 6.29. The van der Waals surface area contributed by atoms with Crippen LogP contribution in [0, 0.1) is 6.92 Å². The van der Waals surface area contributed by atoms with Gasteiger partial charge in [-0.15, -0.1) is 0 Å². The van der Waals surface area contributed by atoms with E-state index in [4.69, 9.17) is 5.11 Å². The first-order chi connectivity index (χ1) is 8.15. The summed E-state index contributed by atoms with van der Waals surface area (Å²) in [6.07, 6.45) is 2.96. The third-order valence-electron chi connectivity index (χ3n) is 2.94. The third kappa shape index (κ3) is 4.75. The van der Waals surface area contributed by atoms with Gasteiger partial charge < -0.3 is 15.5 Å². The van der Waals surface area contributed by atoms with Crippen molar-refractivity contribution in [3.63, 3.8) is 0 Å². The van der Waals surface area contributed by atoms with Crippen LogP contribution in [0.1, 0.15) is 43.4 Å². The lowest BCUT2D eigenvalue weighted by molar-refractivity contribution is 0.282. The predicted molar refractivity (Wildman–Crippen MR) is 70.2 cm³/mol. The molecule has 0 aromatic heterocycles. The quantitative estimate of drug-likeness (QED) is 0.639. The Morgan fingerprint density at radius 1 is 1.24 bits per heavy atom. The molecule has 1 rings (SSSR count). The van der Waals surface area contributed by atoms with E-state index in [0.717, 1.165) is 36.9 Å². The van der Waals surface area contributed by atoms with Crippen molar-refractivity contribution in [2.24, 2.45) is 0 Å². The highest BCUT2D eigenvalue weighted by atomic mass is 16.3. The Morgan fingerprint density at radius 2 is 2.00 bits per heavy atom. The highest BCUT2D eigenvalue weighted by Gasteiger charge is 2.09. The minimum absolute atomic E-state index is 0.157. The van der Waals surface area contributed by atoms with Gasteiger partial charge in [0, 0.05) is 18.2 Å². The Morgan fingerprint density at radius 3 is 2.65 bits per heavy atom. The van der Waals surface area contributed by atoms with Gasteiger partial charge in [-0.2, -0.15) is 0 Å². The molecule has 0 saturated carbocycles. The zero-order valence-corrected chi connectivity index (χ0v) is 10.7. The normalized spacial score (nSPS) is 12.6. The number of rotatable bonds is 7. The van der Waals surface area contributed by atoms with Gasteiger partial charge in [-0.05, 0) is 51.3 Å². The van der Waals surface area contributed by atoms with Crippen molar-refractivity contribution in [1.29, 1.82) is 0 Å². The summed E-state index contributed by atoms with van der Waals surface area (Å²) in [5.41, 5.74) is 2.01. The van der Waals surface area contributed by atoms with Crippen molar-refractivity contribution < 1.29 is 10.2 Å². The Balaban J connectivity index is 2.38. The molecule has 0 fully saturated rings. The SMILES string of the molecule is Cc1ccc(C(C)NCCCCCO)c(O)c1. The van der Waals surface area contributed by atoms with Crippen LogP contribution in [0.2, 0.25) is 0 Å². The number of aromatic hydroxyl groups is 1. The van der Waals surface area contributed by atoms with Crippen molar-refractivity contribution >= 4 is 0 Å². The fraction of sp³-hybridized carbons (Fsp3) is 0.571. The summed E-state index contributed by atoms with van der Waals surface area (Å²) >= 11 is 0. The molecule has 0 spiro atoms. The Kier molecular flexibility index (Phi) is 6.01. The molecule has 0 bridgehead atoms. The number of aliphatic hydroxyl groups excluding tert-OH is 1. The molecule has 3 N–H and O–H groups in total. The van der Waals surface area contributed by atoms with E-state index < -0.39 is 0 Å². The summed E-state index contributed by atoms with van der Waals surface area (Å²) in [5.74, 6) is 0.361. The second-order valence-corrected chi connectivity index (χ2v) is 4.52. The Labute approximate surface area is 103 Å². The van der Waals surface area contributed by atoms with Gasteiger partial charge in [0.1, 0.15) is 5.75 Å². The lowest BCUT2D eigenvalue weighted by Crippen LogP contribution is -2.20. The van der Waals surface area contributed by atoms with Gasteiger partial charge in [-0.1, -0.05) is 12.1 Å². The average molecular weight is 237 g/mol. The number of aryl methyl sites for hydroxylation is 1. The molecule has 96 valence electrons. The smallest absolute Gasteiger partial charge is 0.120 e. The molecule has 1 atom stereocenters. The molecule has 3 heteroatoms. The van der Waals surface area contributed by atoms with Gasteiger partial charge in [-0.25, -0.2) is 0 Å². The first kappa shape index (κ1) is 14.0. The van der Waals surface area contributed by atoms with Crippen LogP contribution in [0.5, 0.6) is 5.75 Å². The highest BCUT2D eigenvalue weighted by Crippen LogP contribution is 2.24. The van der Waals surface area contributed by atoms with Crippen LogP contribution in [-0.4, -0.2) is 23.4 Å². The standard InChI is InChI=1S/C14H23NO2/c1-11-6-7-13(14(17)10-11)12(2)15-8-4-3-5-9-16/h6-7,10,12,15-17H,3-5,8-9H2,1-2H3. The predicted octanol–water partition coefficient (Wildman–Crippen LogP) is 2.51. The zero-order chi connectivity index (χ0) is 12.7. The van der Waals surface area contributed by atoms with Crippen LogP contribution in [0.15, 0.2) is 18.2 Å². The first-order valence-electron chi connectivity index (χ1n) is 6.29. The van der Waals surface area contributed by atoms with E-state index in [1.807, 2.05) is 19.1 Å². The molecule has 17 heavy (non-hydrogen) atoms. The molecule has 0 aliphatic heterocycles. The van der Waals surface area contributed by atoms with Gasteiger partial charge in [0.15, 0.2) is 0 Å². The van der Waals surface area contributed by atoms with Crippen LogP contribution in [-0.2, 0) is 0 Å². The molecule has 0 radical (unpaired) electrons. The van der Waals surface area contributed by atoms with Crippen LogP contribution in [0.4, 0.5) is 0 Å². The zero-order valence-electron chi connectivity index (χ0n) is 10.7. The largest absolute Gasteiger partial charge is 0.508 e. The molecular formula is C14H23NO2. The van der Waals surface area contributed by atoms with Crippen LogP contribution >= 0.6 is 0 Å². The molecule has 0 aliphatic rings. The Hall–Kier alpha value is -1.06. The summed E-state index contributed by atoms with van der Waals surface area (Å²) < 4.78 is 0.